The van der Waals surface area contributed by atoms with E-state index < -0.39 is 0 Å². The molecule has 4 aromatic rings. The number of carbonyl (C=O) groups excluding carboxylic acids is 2. The molecule has 2 N–H and O–H groups in total. The number of rotatable bonds is 9. The number of benzene rings is 3. The van der Waals surface area contributed by atoms with Gasteiger partial charge in [-0.2, -0.15) is 0 Å². The standard InChI is InChI=1S/C32H33N3O3S/c1-23(36)34-17-15-25-11-5-7-13-29(25)38-30-14-8-6-12-27(30)28-16-20-39-31(28)32(37)35-19-18-33-22-26(35)21-24-9-3-2-4-10-24/h2-14,16,20,26,33H,15,17-19,21-22H2,1H3,(H,34,36). The average Bonchev–Trinajstić information content (AvgIpc) is 3.44. The van der Waals surface area contributed by atoms with Crippen LogP contribution in [0, 0.1) is 0 Å². The molecule has 1 aromatic heterocycles. The number of ether oxygens (including phenoxy) is 1. The van der Waals surface area contributed by atoms with E-state index >= 15 is 0 Å². The van der Waals surface area contributed by atoms with Gasteiger partial charge in [-0.05, 0) is 47.5 Å². The molecule has 7 heteroatoms. The lowest BCUT2D eigenvalue weighted by Gasteiger charge is -2.36. The van der Waals surface area contributed by atoms with Gasteiger partial charge in [0.05, 0.1) is 4.88 Å². The minimum atomic E-state index is -0.0520. The molecule has 200 valence electrons. The van der Waals surface area contributed by atoms with E-state index in [0.29, 0.717) is 25.3 Å². The van der Waals surface area contributed by atoms with Crippen LogP contribution in [0.2, 0.25) is 0 Å². The Morgan fingerprint density at radius 2 is 1.69 bits per heavy atom. The highest BCUT2D eigenvalue weighted by Crippen LogP contribution is 2.38. The summed E-state index contributed by atoms with van der Waals surface area (Å²) in [4.78, 5) is 28.1. The van der Waals surface area contributed by atoms with Gasteiger partial charge >= 0.3 is 0 Å². The number of amides is 2. The number of carbonyl (C=O) groups is 2. The molecule has 1 unspecified atom stereocenters. The fourth-order valence-electron chi connectivity index (χ4n) is 4.99. The number of piperazine rings is 1. The minimum absolute atomic E-state index is 0.0520. The first kappa shape index (κ1) is 26.7. The maximum atomic E-state index is 14.0. The van der Waals surface area contributed by atoms with Crippen molar-refractivity contribution in [3.63, 3.8) is 0 Å². The van der Waals surface area contributed by atoms with E-state index in [4.69, 9.17) is 4.74 Å². The van der Waals surface area contributed by atoms with Crippen molar-refractivity contribution in [2.45, 2.75) is 25.8 Å². The molecule has 2 heterocycles. The zero-order valence-corrected chi connectivity index (χ0v) is 22.9. The number of para-hydroxylation sites is 2. The van der Waals surface area contributed by atoms with Gasteiger partial charge < -0.3 is 20.3 Å². The third-order valence-electron chi connectivity index (χ3n) is 6.92. The molecule has 1 aliphatic rings. The summed E-state index contributed by atoms with van der Waals surface area (Å²) in [5.74, 6) is 1.44. The Morgan fingerprint density at radius 3 is 2.51 bits per heavy atom. The first-order chi connectivity index (χ1) is 19.1. The Kier molecular flexibility index (Phi) is 8.71. The Hall–Kier alpha value is -3.94. The summed E-state index contributed by atoms with van der Waals surface area (Å²) in [6, 6.07) is 28.2. The van der Waals surface area contributed by atoms with Crippen molar-refractivity contribution in [2.75, 3.05) is 26.2 Å². The Labute approximate surface area is 233 Å². The third kappa shape index (κ3) is 6.56. The molecule has 0 radical (unpaired) electrons. The van der Waals surface area contributed by atoms with E-state index in [1.165, 1.54) is 23.8 Å². The summed E-state index contributed by atoms with van der Waals surface area (Å²) in [7, 11) is 0. The van der Waals surface area contributed by atoms with Crippen LogP contribution in [0.5, 0.6) is 11.5 Å². The summed E-state index contributed by atoms with van der Waals surface area (Å²) in [6.45, 7) is 4.29. The molecular weight excluding hydrogens is 506 g/mol. The smallest absolute Gasteiger partial charge is 0.264 e. The van der Waals surface area contributed by atoms with Crippen LogP contribution in [0.3, 0.4) is 0 Å². The van der Waals surface area contributed by atoms with Crippen LogP contribution in [0.15, 0.2) is 90.3 Å². The van der Waals surface area contributed by atoms with Gasteiger partial charge in [0.25, 0.3) is 5.91 Å². The molecule has 1 fully saturated rings. The fraction of sp³-hybridized carbons (Fsp3) is 0.250. The Morgan fingerprint density at radius 1 is 0.949 bits per heavy atom. The van der Waals surface area contributed by atoms with Gasteiger partial charge in [0.15, 0.2) is 0 Å². The Bertz CT molecular complexity index is 1420. The molecule has 1 aliphatic heterocycles. The summed E-state index contributed by atoms with van der Waals surface area (Å²) in [5.41, 5.74) is 4.00. The maximum absolute atomic E-state index is 14.0. The minimum Gasteiger partial charge on any atom is -0.456 e. The summed E-state index contributed by atoms with van der Waals surface area (Å²) in [6.07, 6.45) is 1.47. The van der Waals surface area contributed by atoms with Gasteiger partial charge in [0, 0.05) is 50.3 Å². The summed E-state index contributed by atoms with van der Waals surface area (Å²) in [5, 5.41) is 8.29. The van der Waals surface area contributed by atoms with Crippen LogP contribution >= 0.6 is 11.3 Å². The Balaban J connectivity index is 1.40. The van der Waals surface area contributed by atoms with E-state index in [9.17, 15) is 9.59 Å². The summed E-state index contributed by atoms with van der Waals surface area (Å²) >= 11 is 1.48. The van der Waals surface area contributed by atoms with Gasteiger partial charge in [0.1, 0.15) is 11.5 Å². The molecular formula is C32H33N3O3S. The van der Waals surface area contributed by atoms with E-state index in [-0.39, 0.29) is 17.9 Å². The van der Waals surface area contributed by atoms with Crippen LogP contribution in [-0.2, 0) is 17.6 Å². The molecule has 6 nitrogen and oxygen atoms in total. The highest BCUT2D eigenvalue weighted by molar-refractivity contribution is 7.12. The van der Waals surface area contributed by atoms with Gasteiger partial charge in [-0.15, -0.1) is 11.3 Å². The van der Waals surface area contributed by atoms with E-state index in [2.05, 4.69) is 22.8 Å². The molecule has 3 aromatic carbocycles. The van der Waals surface area contributed by atoms with Gasteiger partial charge in [-0.1, -0.05) is 66.7 Å². The van der Waals surface area contributed by atoms with Crippen molar-refractivity contribution in [2.24, 2.45) is 0 Å². The largest absolute Gasteiger partial charge is 0.456 e. The third-order valence-corrected chi connectivity index (χ3v) is 7.83. The molecule has 1 atom stereocenters. The average molecular weight is 540 g/mol. The lowest BCUT2D eigenvalue weighted by molar-refractivity contribution is -0.118. The number of nitrogens with one attached hydrogen (secondary N) is 2. The zero-order chi connectivity index (χ0) is 27.0. The van der Waals surface area contributed by atoms with Crippen molar-refractivity contribution < 1.29 is 14.3 Å². The zero-order valence-electron chi connectivity index (χ0n) is 22.1. The molecule has 0 aliphatic carbocycles. The maximum Gasteiger partial charge on any atom is 0.264 e. The molecule has 0 spiro atoms. The quantitative estimate of drug-likeness (QED) is 0.293. The number of hydrogen-bond donors (Lipinski definition) is 2. The molecule has 0 saturated carbocycles. The molecule has 1 saturated heterocycles. The molecule has 2 amide bonds. The number of nitrogens with zero attached hydrogens (tertiary/aromatic N) is 1. The van der Waals surface area contributed by atoms with Gasteiger partial charge in [-0.25, -0.2) is 0 Å². The van der Waals surface area contributed by atoms with Gasteiger partial charge in [0.2, 0.25) is 5.91 Å². The van der Waals surface area contributed by atoms with Crippen LogP contribution in [-0.4, -0.2) is 48.9 Å². The normalized spacial score (nSPS) is 15.1. The van der Waals surface area contributed by atoms with Crippen LogP contribution in [0.1, 0.15) is 27.7 Å². The second-order valence-corrected chi connectivity index (χ2v) is 10.6. The summed E-state index contributed by atoms with van der Waals surface area (Å²) < 4.78 is 6.46. The van der Waals surface area contributed by atoms with E-state index in [0.717, 1.165) is 46.8 Å². The first-order valence-corrected chi connectivity index (χ1v) is 14.2. The monoisotopic (exact) mass is 539 g/mol. The van der Waals surface area contributed by atoms with E-state index in [1.807, 2.05) is 83.1 Å². The van der Waals surface area contributed by atoms with Crippen LogP contribution < -0.4 is 15.4 Å². The predicted molar refractivity (Wildman–Crippen MR) is 156 cm³/mol. The highest BCUT2D eigenvalue weighted by atomic mass is 32.1. The lowest BCUT2D eigenvalue weighted by Crippen LogP contribution is -2.54. The topological polar surface area (TPSA) is 70.7 Å². The highest BCUT2D eigenvalue weighted by Gasteiger charge is 2.30. The van der Waals surface area contributed by atoms with Crippen molar-refractivity contribution in [3.8, 4) is 22.6 Å². The van der Waals surface area contributed by atoms with Crippen molar-refractivity contribution >= 4 is 23.2 Å². The van der Waals surface area contributed by atoms with E-state index in [1.54, 1.807) is 0 Å². The molecule has 39 heavy (non-hydrogen) atoms. The SMILES string of the molecule is CC(=O)NCCc1ccccc1Oc1ccccc1-c1ccsc1C(=O)N1CCNCC1Cc1ccccc1. The second kappa shape index (κ2) is 12.7. The van der Waals surface area contributed by atoms with Crippen LogP contribution in [0.25, 0.3) is 11.1 Å². The van der Waals surface area contributed by atoms with Gasteiger partial charge in [-0.3, -0.25) is 9.59 Å². The predicted octanol–water partition coefficient (Wildman–Crippen LogP) is 5.54. The first-order valence-electron chi connectivity index (χ1n) is 13.3. The van der Waals surface area contributed by atoms with Crippen molar-refractivity contribution in [3.05, 3.63) is 106 Å². The second-order valence-electron chi connectivity index (χ2n) is 9.65. The fourth-order valence-corrected chi connectivity index (χ4v) is 5.86. The van der Waals surface area contributed by atoms with Crippen molar-refractivity contribution in [1.82, 2.24) is 15.5 Å². The lowest BCUT2D eigenvalue weighted by atomic mass is 10.0. The number of hydrogen-bond acceptors (Lipinski definition) is 5. The molecule has 0 bridgehead atoms. The van der Waals surface area contributed by atoms with Crippen molar-refractivity contribution in [1.29, 1.82) is 0 Å². The van der Waals surface area contributed by atoms with Crippen LogP contribution in [0.4, 0.5) is 0 Å². The molecule has 5 rings (SSSR count). The number of thiophene rings is 1.